The highest BCUT2D eigenvalue weighted by Gasteiger charge is 2.28. The van der Waals surface area contributed by atoms with E-state index in [9.17, 15) is 0 Å². The molecule has 1 heterocycles. The number of ether oxygens (including phenoxy) is 2. The first kappa shape index (κ1) is 24.3. The molecule has 0 amide bonds. The predicted molar refractivity (Wildman–Crippen MR) is 123 cm³/mol. The SMILES string of the molecule is CN=C(NCC(C)Oc1ccc(Cl)cc1)NCC(C)(C)N1CCOCC1.I. The quantitative estimate of drug-likeness (QED) is 0.336. The van der Waals surface area contributed by atoms with Crippen molar-refractivity contribution >= 4 is 41.5 Å². The molecule has 1 unspecified atom stereocenters. The number of guanidine groups is 1. The van der Waals surface area contributed by atoms with E-state index >= 15 is 0 Å². The summed E-state index contributed by atoms with van der Waals surface area (Å²) >= 11 is 5.90. The largest absolute Gasteiger partial charge is 0.489 e. The van der Waals surface area contributed by atoms with Gasteiger partial charge in [0.2, 0.25) is 0 Å². The zero-order valence-corrected chi connectivity index (χ0v) is 19.7. The molecule has 0 radical (unpaired) electrons. The van der Waals surface area contributed by atoms with Gasteiger partial charge in [-0.05, 0) is 45.0 Å². The van der Waals surface area contributed by atoms with Gasteiger partial charge in [0.15, 0.2) is 5.96 Å². The molecule has 1 aromatic rings. The zero-order valence-electron chi connectivity index (χ0n) is 16.6. The van der Waals surface area contributed by atoms with Gasteiger partial charge in [-0.1, -0.05) is 11.6 Å². The van der Waals surface area contributed by atoms with Gasteiger partial charge in [0.25, 0.3) is 0 Å². The second-order valence-corrected chi connectivity index (χ2v) is 7.54. The van der Waals surface area contributed by atoms with Crippen molar-refractivity contribution in [1.29, 1.82) is 0 Å². The molecule has 1 atom stereocenters. The minimum absolute atomic E-state index is 0. The topological polar surface area (TPSA) is 58.1 Å². The van der Waals surface area contributed by atoms with Crippen LogP contribution in [0, 0.1) is 0 Å². The predicted octanol–water partition coefficient (Wildman–Crippen LogP) is 3.00. The molecule has 0 bridgehead atoms. The van der Waals surface area contributed by atoms with Crippen LogP contribution < -0.4 is 15.4 Å². The molecule has 1 fully saturated rings. The van der Waals surface area contributed by atoms with Crippen molar-refractivity contribution in [3.63, 3.8) is 0 Å². The molecule has 2 rings (SSSR count). The lowest BCUT2D eigenvalue weighted by Crippen LogP contribution is -2.56. The molecule has 154 valence electrons. The molecular weight excluding hydrogens is 479 g/mol. The second-order valence-electron chi connectivity index (χ2n) is 7.10. The normalized spacial score (nSPS) is 17.0. The third-order valence-corrected chi connectivity index (χ3v) is 4.74. The smallest absolute Gasteiger partial charge is 0.191 e. The summed E-state index contributed by atoms with van der Waals surface area (Å²) in [6.07, 6.45) is 0.00183. The summed E-state index contributed by atoms with van der Waals surface area (Å²) in [5.74, 6) is 1.58. The number of hydrogen-bond donors (Lipinski definition) is 2. The Morgan fingerprint density at radius 3 is 2.48 bits per heavy atom. The molecule has 2 N–H and O–H groups in total. The van der Waals surface area contributed by atoms with Crippen molar-refractivity contribution in [2.75, 3.05) is 46.4 Å². The third kappa shape index (κ3) is 8.41. The van der Waals surface area contributed by atoms with Crippen LogP contribution in [0.5, 0.6) is 5.75 Å². The highest BCUT2D eigenvalue weighted by atomic mass is 127. The summed E-state index contributed by atoms with van der Waals surface area (Å²) in [6.45, 7) is 11.5. The van der Waals surface area contributed by atoms with Gasteiger partial charge in [-0.3, -0.25) is 9.89 Å². The van der Waals surface area contributed by atoms with Crippen LogP contribution >= 0.6 is 35.6 Å². The number of nitrogens with zero attached hydrogens (tertiary/aromatic N) is 2. The van der Waals surface area contributed by atoms with Crippen molar-refractivity contribution in [2.24, 2.45) is 4.99 Å². The Bertz CT molecular complexity index is 578. The Kier molecular flexibility index (Phi) is 10.7. The molecule has 1 aliphatic heterocycles. The summed E-state index contributed by atoms with van der Waals surface area (Å²) in [7, 11) is 1.78. The lowest BCUT2D eigenvalue weighted by atomic mass is 10.0. The van der Waals surface area contributed by atoms with Gasteiger partial charge in [-0.25, -0.2) is 0 Å². The Labute approximate surface area is 185 Å². The van der Waals surface area contributed by atoms with Gasteiger partial charge >= 0.3 is 0 Å². The first-order valence-electron chi connectivity index (χ1n) is 9.10. The van der Waals surface area contributed by atoms with Crippen molar-refractivity contribution in [1.82, 2.24) is 15.5 Å². The third-order valence-electron chi connectivity index (χ3n) is 4.49. The van der Waals surface area contributed by atoms with Crippen LogP contribution in [0.25, 0.3) is 0 Å². The molecule has 6 nitrogen and oxygen atoms in total. The number of hydrogen-bond acceptors (Lipinski definition) is 4. The summed E-state index contributed by atoms with van der Waals surface area (Å²) in [5.41, 5.74) is 0.0345. The number of nitrogens with one attached hydrogen (secondary N) is 2. The molecule has 0 aliphatic carbocycles. The van der Waals surface area contributed by atoms with Gasteiger partial charge in [0.05, 0.1) is 19.8 Å². The standard InChI is InChI=1S/C19H31ClN4O2.HI/c1-15(26-17-7-5-16(20)6-8-17)13-22-18(21-4)23-14-19(2,3)24-9-11-25-12-10-24;/h5-8,15H,9-14H2,1-4H3,(H2,21,22,23);1H. The van der Waals surface area contributed by atoms with E-state index < -0.39 is 0 Å². The van der Waals surface area contributed by atoms with Gasteiger partial charge in [-0.15, -0.1) is 24.0 Å². The van der Waals surface area contributed by atoms with Crippen LogP contribution in [0.3, 0.4) is 0 Å². The number of benzene rings is 1. The van der Waals surface area contributed by atoms with Crippen LogP contribution in [-0.2, 0) is 4.74 Å². The number of aliphatic imine (C=N–C) groups is 1. The van der Waals surface area contributed by atoms with E-state index in [2.05, 4.69) is 34.4 Å². The highest BCUT2D eigenvalue weighted by Crippen LogP contribution is 2.17. The minimum Gasteiger partial charge on any atom is -0.489 e. The monoisotopic (exact) mass is 510 g/mol. The number of rotatable bonds is 7. The maximum atomic E-state index is 5.90. The summed E-state index contributed by atoms with van der Waals surface area (Å²) in [4.78, 5) is 6.75. The summed E-state index contributed by atoms with van der Waals surface area (Å²) in [6, 6.07) is 7.39. The molecule has 8 heteroatoms. The maximum absolute atomic E-state index is 5.90. The van der Waals surface area contributed by atoms with Crippen LogP contribution in [0.4, 0.5) is 0 Å². The first-order valence-corrected chi connectivity index (χ1v) is 9.48. The van der Waals surface area contributed by atoms with Crippen LogP contribution in [0.15, 0.2) is 29.3 Å². The van der Waals surface area contributed by atoms with E-state index in [1.54, 1.807) is 7.05 Å². The fourth-order valence-electron chi connectivity index (χ4n) is 2.83. The van der Waals surface area contributed by atoms with E-state index in [0.717, 1.165) is 44.6 Å². The molecule has 0 spiro atoms. The van der Waals surface area contributed by atoms with Gasteiger partial charge < -0.3 is 20.1 Å². The number of halogens is 2. The lowest BCUT2D eigenvalue weighted by molar-refractivity contribution is -0.00834. The van der Waals surface area contributed by atoms with Gasteiger partial charge in [-0.2, -0.15) is 0 Å². The highest BCUT2D eigenvalue weighted by molar-refractivity contribution is 14.0. The molecule has 1 saturated heterocycles. The van der Waals surface area contributed by atoms with Crippen molar-refractivity contribution < 1.29 is 9.47 Å². The Balaban J connectivity index is 0.00000364. The summed E-state index contributed by atoms with van der Waals surface area (Å²) < 4.78 is 11.3. The van der Waals surface area contributed by atoms with Crippen molar-refractivity contribution in [2.45, 2.75) is 32.4 Å². The van der Waals surface area contributed by atoms with Gasteiger partial charge in [0, 0.05) is 37.2 Å². The second kappa shape index (κ2) is 11.9. The molecule has 27 heavy (non-hydrogen) atoms. The summed E-state index contributed by atoms with van der Waals surface area (Å²) in [5, 5.41) is 7.44. The maximum Gasteiger partial charge on any atom is 0.191 e. The van der Waals surface area contributed by atoms with E-state index in [0.29, 0.717) is 11.6 Å². The van der Waals surface area contributed by atoms with E-state index in [4.69, 9.17) is 21.1 Å². The van der Waals surface area contributed by atoms with Crippen molar-refractivity contribution in [3.05, 3.63) is 29.3 Å². The van der Waals surface area contributed by atoms with Crippen LogP contribution in [0.2, 0.25) is 5.02 Å². The number of morpholine rings is 1. The minimum atomic E-state index is 0. The van der Waals surface area contributed by atoms with Gasteiger partial charge in [0.1, 0.15) is 11.9 Å². The zero-order chi connectivity index (χ0) is 19.0. The molecule has 0 aromatic heterocycles. The molecule has 1 aliphatic rings. The Morgan fingerprint density at radius 1 is 1.26 bits per heavy atom. The fraction of sp³-hybridized carbons (Fsp3) is 0.632. The molecule has 0 saturated carbocycles. The van der Waals surface area contributed by atoms with E-state index in [1.807, 2.05) is 31.2 Å². The lowest BCUT2D eigenvalue weighted by Gasteiger charge is -2.41. The molecule has 1 aromatic carbocycles. The Hall–Kier alpha value is -0.770. The molecular formula is C19H32ClIN4O2. The van der Waals surface area contributed by atoms with E-state index in [1.165, 1.54) is 0 Å². The average Bonchev–Trinajstić information content (AvgIpc) is 2.64. The van der Waals surface area contributed by atoms with Crippen molar-refractivity contribution in [3.8, 4) is 5.75 Å². The van der Waals surface area contributed by atoms with E-state index in [-0.39, 0.29) is 35.6 Å². The first-order chi connectivity index (χ1) is 12.4. The van der Waals surface area contributed by atoms with Crippen LogP contribution in [0.1, 0.15) is 20.8 Å². The fourth-order valence-corrected chi connectivity index (χ4v) is 2.95. The Morgan fingerprint density at radius 2 is 1.89 bits per heavy atom. The van der Waals surface area contributed by atoms with Crippen LogP contribution in [-0.4, -0.2) is 68.9 Å². The average molecular weight is 511 g/mol.